The highest BCUT2D eigenvalue weighted by Crippen LogP contribution is 2.20. The van der Waals surface area contributed by atoms with Gasteiger partial charge in [-0.1, -0.05) is 6.92 Å². The Morgan fingerprint density at radius 1 is 1.43 bits per heavy atom. The number of hydrogen-bond acceptors (Lipinski definition) is 4. The first-order valence-electron chi connectivity index (χ1n) is 8.26. The minimum atomic E-state index is -0.775. The molecular weight excluding hydrogens is 266 g/mol. The molecule has 1 saturated heterocycles. The van der Waals surface area contributed by atoms with Crippen molar-refractivity contribution in [3.05, 3.63) is 0 Å². The van der Waals surface area contributed by atoms with Gasteiger partial charge in [-0.2, -0.15) is 0 Å². The molecule has 0 amide bonds. The summed E-state index contributed by atoms with van der Waals surface area (Å²) >= 11 is 0. The third-order valence-electron chi connectivity index (χ3n) is 4.49. The molecule has 0 saturated carbocycles. The fourth-order valence-electron chi connectivity index (χ4n) is 3.27. The smallest absolute Gasteiger partial charge is 0.323 e. The lowest BCUT2D eigenvalue weighted by Gasteiger charge is -2.28. The molecule has 2 unspecified atom stereocenters. The van der Waals surface area contributed by atoms with Crippen molar-refractivity contribution in [2.45, 2.75) is 57.5 Å². The van der Waals surface area contributed by atoms with E-state index in [2.05, 4.69) is 29.2 Å². The van der Waals surface area contributed by atoms with Crippen LogP contribution in [0.15, 0.2) is 0 Å². The van der Waals surface area contributed by atoms with Crippen LogP contribution in [0.3, 0.4) is 0 Å². The van der Waals surface area contributed by atoms with E-state index < -0.39 is 11.5 Å². The van der Waals surface area contributed by atoms with Crippen molar-refractivity contribution in [1.82, 2.24) is 15.1 Å². The summed E-state index contributed by atoms with van der Waals surface area (Å²) < 4.78 is 0. The molecular formula is C16H33N3O2. The van der Waals surface area contributed by atoms with Gasteiger partial charge in [0.05, 0.1) is 0 Å². The number of likely N-dealkylation sites (N-methyl/N-ethyl adjacent to an activating group) is 2. The van der Waals surface area contributed by atoms with Crippen LogP contribution in [0.2, 0.25) is 0 Å². The number of carbonyl (C=O) groups is 1. The van der Waals surface area contributed by atoms with Crippen molar-refractivity contribution in [3.63, 3.8) is 0 Å². The monoisotopic (exact) mass is 299 g/mol. The van der Waals surface area contributed by atoms with Gasteiger partial charge in [0.2, 0.25) is 0 Å². The summed E-state index contributed by atoms with van der Waals surface area (Å²) in [6.07, 6.45) is 5.33. The molecule has 1 aliphatic heterocycles. The Morgan fingerprint density at radius 2 is 2.14 bits per heavy atom. The number of hydrogen-bond donors (Lipinski definition) is 2. The van der Waals surface area contributed by atoms with Gasteiger partial charge in [0, 0.05) is 12.6 Å². The van der Waals surface area contributed by atoms with Crippen molar-refractivity contribution in [1.29, 1.82) is 0 Å². The van der Waals surface area contributed by atoms with Crippen LogP contribution in [-0.2, 0) is 4.79 Å². The molecule has 0 aromatic carbocycles. The minimum absolute atomic E-state index is 0.680. The van der Waals surface area contributed by atoms with E-state index in [1.165, 1.54) is 19.4 Å². The van der Waals surface area contributed by atoms with Crippen LogP contribution in [0, 0.1) is 0 Å². The van der Waals surface area contributed by atoms with E-state index in [1.807, 2.05) is 6.92 Å². The van der Waals surface area contributed by atoms with Crippen molar-refractivity contribution < 1.29 is 9.90 Å². The highest BCUT2D eigenvalue weighted by Gasteiger charge is 2.31. The summed E-state index contributed by atoms with van der Waals surface area (Å²) in [7, 11) is 4.26. The molecule has 5 heteroatoms. The zero-order chi connectivity index (χ0) is 15.9. The van der Waals surface area contributed by atoms with Crippen molar-refractivity contribution in [3.8, 4) is 0 Å². The number of rotatable bonds is 10. The van der Waals surface area contributed by atoms with Gasteiger partial charge in [-0.05, 0) is 72.8 Å². The molecule has 2 N–H and O–H groups in total. The molecule has 0 aromatic heterocycles. The van der Waals surface area contributed by atoms with Crippen LogP contribution < -0.4 is 5.32 Å². The van der Waals surface area contributed by atoms with Gasteiger partial charge in [-0.25, -0.2) is 0 Å². The average molecular weight is 299 g/mol. The molecule has 0 bridgehead atoms. The van der Waals surface area contributed by atoms with Gasteiger partial charge in [0.25, 0.3) is 0 Å². The Balaban J connectivity index is 2.31. The summed E-state index contributed by atoms with van der Waals surface area (Å²) in [5.41, 5.74) is -0.775. The SMILES string of the molecule is CCNC(C)(CCCCN1CCCC1CN(C)C)C(=O)O. The van der Waals surface area contributed by atoms with Gasteiger partial charge < -0.3 is 15.3 Å². The largest absolute Gasteiger partial charge is 0.480 e. The zero-order valence-corrected chi connectivity index (χ0v) is 14.2. The maximum Gasteiger partial charge on any atom is 0.323 e. The predicted molar refractivity (Wildman–Crippen MR) is 86.7 cm³/mol. The van der Waals surface area contributed by atoms with E-state index in [9.17, 15) is 9.90 Å². The molecule has 21 heavy (non-hydrogen) atoms. The summed E-state index contributed by atoms with van der Waals surface area (Å²) in [5.74, 6) is -0.740. The van der Waals surface area contributed by atoms with Crippen molar-refractivity contribution in [2.24, 2.45) is 0 Å². The van der Waals surface area contributed by atoms with Gasteiger partial charge in [-0.3, -0.25) is 9.69 Å². The van der Waals surface area contributed by atoms with E-state index in [0.29, 0.717) is 19.0 Å². The second-order valence-electron chi connectivity index (χ2n) is 6.72. The van der Waals surface area contributed by atoms with Crippen LogP contribution in [0.4, 0.5) is 0 Å². The Bertz CT molecular complexity index is 323. The molecule has 0 spiro atoms. The fraction of sp³-hybridized carbons (Fsp3) is 0.938. The highest BCUT2D eigenvalue weighted by molar-refractivity contribution is 5.78. The minimum Gasteiger partial charge on any atom is -0.480 e. The average Bonchev–Trinajstić information content (AvgIpc) is 2.81. The number of likely N-dealkylation sites (tertiary alicyclic amines) is 1. The third kappa shape index (κ3) is 5.93. The number of carboxylic acid groups (broad SMARTS) is 1. The van der Waals surface area contributed by atoms with E-state index >= 15 is 0 Å². The van der Waals surface area contributed by atoms with Crippen LogP contribution in [0.1, 0.15) is 46.0 Å². The topological polar surface area (TPSA) is 55.8 Å². The lowest BCUT2D eigenvalue weighted by molar-refractivity contribution is -0.144. The standard InChI is InChI=1S/C16H33N3O2/c1-5-17-16(2,15(20)21)10-6-7-11-19-12-8-9-14(19)13-18(3)4/h14,17H,5-13H2,1-4H3,(H,20,21). The van der Waals surface area contributed by atoms with E-state index in [-0.39, 0.29) is 0 Å². The molecule has 0 radical (unpaired) electrons. The molecule has 1 heterocycles. The molecule has 5 nitrogen and oxygen atoms in total. The molecule has 1 aliphatic rings. The summed E-state index contributed by atoms with van der Waals surface area (Å²) in [6, 6.07) is 0.680. The Morgan fingerprint density at radius 3 is 2.71 bits per heavy atom. The van der Waals surface area contributed by atoms with Crippen molar-refractivity contribution in [2.75, 3.05) is 40.3 Å². The maximum atomic E-state index is 11.4. The number of unbranched alkanes of at least 4 members (excludes halogenated alkanes) is 1. The molecule has 2 atom stereocenters. The summed E-state index contributed by atoms with van der Waals surface area (Å²) in [4.78, 5) is 16.2. The lowest BCUT2D eigenvalue weighted by Crippen LogP contribution is -2.49. The Kier molecular flexibility index (Phi) is 7.63. The fourth-order valence-corrected chi connectivity index (χ4v) is 3.27. The lowest BCUT2D eigenvalue weighted by atomic mass is 9.95. The van der Waals surface area contributed by atoms with Gasteiger partial charge in [0.1, 0.15) is 5.54 Å². The number of aliphatic carboxylic acids is 1. The number of nitrogens with zero attached hydrogens (tertiary/aromatic N) is 2. The molecule has 124 valence electrons. The zero-order valence-electron chi connectivity index (χ0n) is 14.2. The van der Waals surface area contributed by atoms with E-state index in [1.54, 1.807) is 6.92 Å². The molecule has 0 aromatic rings. The molecule has 0 aliphatic carbocycles. The van der Waals surface area contributed by atoms with E-state index in [0.717, 1.165) is 25.9 Å². The predicted octanol–water partition coefficient (Wildman–Crippen LogP) is 1.64. The molecule has 1 rings (SSSR count). The quantitative estimate of drug-likeness (QED) is 0.601. The van der Waals surface area contributed by atoms with Crippen LogP contribution in [0.5, 0.6) is 0 Å². The number of carboxylic acids is 1. The second kappa shape index (κ2) is 8.71. The molecule has 1 fully saturated rings. The summed E-state index contributed by atoms with van der Waals surface area (Å²) in [6.45, 7) is 7.87. The second-order valence-corrected chi connectivity index (χ2v) is 6.72. The van der Waals surface area contributed by atoms with Crippen LogP contribution >= 0.6 is 0 Å². The Hall–Kier alpha value is -0.650. The van der Waals surface area contributed by atoms with Crippen LogP contribution in [0.25, 0.3) is 0 Å². The normalized spacial score (nSPS) is 22.6. The highest BCUT2D eigenvalue weighted by atomic mass is 16.4. The summed E-state index contributed by atoms with van der Waals surface area (Å²) in [5, 5.41) is 12.4. The number of nitrogens with one attached hydrogen (secondary N) is 1. The van der Waals surface area contributed by atoms with E-state index in [4.69, 9.17) is 0 Å². The van der Waals surface area contributed by atoms with Gasteiger partial charge in [-0.15, -0.1) is 0 Å². The Labute approximate surface area is 129 Å². The first-order valence-corrected chi connectivity index (χ1v) is 8.26. The first-order chi connectivity index (χ1) is 9.89. The maximum absolute atomic E-state index is 11.4. The van der Waals surface area contributed by atoms with Crippen molar-refractivity contribution >= 4 is 5.97 Å². The van der Waals surface area contributed by atoms with Gasteiger partial charge in [0.15, 0.2) is 0 Å². The third-order valence-corrected chi connectivity index (χ3v) is 4.49. The first kappa shape index (κ1) is 18.4. The van der Waals surface area contributed by atoms with Gasteiger partial charge >= 0.3 is 5.97 Å². The van der Waals surface area contributed by atoms with Crippen LogP contribution in [-0.4, -0.2) is 72.7 Å².